The van der Waals surface area contributed by atoms with Gasteiger partial charge in [-0.25, -0.2) is 8.42 Å². The summed E-state index contributed by atoms with van der Waals surface area (Å²) in [6, 6.07) is 21.4. The number of carbonyl (C=O) groups is 1. The third-order valence-corrected chi connectivity index (χ3v) is 6.05. The zero-order chi connectivity index (χ0) is 19.4. The standard InChI is InChI=1S/C20H17ClN2O3S/c1-23(27(25,26)19-13-9-16(21)10-14-19)18-11-7-15(8-12-18)20(24)22-17-5-3-2-4-6-17/h2-14H,1H3,(H,22,24). The van der Waals surface area contributed by atoms with Crippen molar-refractivity contribution in [2.45, 2.75) is 4.90 Å². The van der Waals surface area contributed by atoms with Crippen LogP contribution in [-0.2, 0) is 10.0 Å². The van der Waals surface area contributed by atoms with Crippen LogP contribution in [0.5, 0.6) is 0 Å². The number of anilines is 2. The minimum absolute atomic E-state index is 0.139. The number of nitrogens with zero attached hydrogens (tertiary/aromatic N) is 1. The molecule has 5 nitrogen and oxygen atoms in total. The van der Waals surface area contributed by atoms with Crippen LogP contribution >= 0.6 is 11.6 Å². The van der Waals surface area contributed by atoms with Crippen molar-refractivity contribution in [2.75, 3.05) is 16.7 Å². The number of nitrogens with one attached hydrogen (secondary N) is 1. The van der Waals surface area contributed by atoms with Crippen LogP contribution in [0.4, 0.5) is 11.4 Å². The molecule has 27 heavy (non-hydrogen) atoms. The molecule has 0 heterocycles. The number of rotatable bonds is 5. The van der Waals surface area contributed by atoms with E-state index in [4.69, 9.17) is 11.6 Å². The molecule has 0 saturated heterocycles. The molecule has 0 atom stereocenters. The van der Waals surface area contributed by atoms with Crippen molar-refractivity contribution in [3.63, 3.8) is 0 Å². The van der Waals surface area contributed by atoms with Crippen LogP contribution in [0.25, 0.3) is 0 Å². The maximum absolute atomic E-state index is 12.7. The summed E-state index contributed by atoms with van der Waals surface area (Å²) in [7, 11) is -2.26. The van der Waals surface area contributed by atoms with E-state index in [9.17, 15) is 13.2 Å². The lowest BCUT2D eigenvalue weighted by Gasteiger charge is -2.19. The molecule has 0 saturated carbocycles. The largest absolute Gasteiger partial charge is 0.322 e. The van der Waals surface area contributed by atoms with Crippen LogP contribution in [0.1, 0.15) is 10.4 Å². The molecule has 1 amide bonds. The Kier molecular flexibility index (Phi) is 5.48. The van der Waals surface area contributed by atoms with Crippen LogP contribution in [0.15, 0.2) is 83.8 Å². The van der Waals surface area contributed by atoms with Crippen LogP contribution in [0, 0.1) is 0 Å². The molecule has 0 bridgehead atoms. The fourth-order valence-corrected chi connectivity index (χ4v) is 3.77. The van der Waals surface area contributed by atoms with E-state index in [0.29, 0.717) is 22.0 Å². The minimum atomic E-state index is -3.72. The lowest BCUT2D eigenvalue weighted by molar-refractivity contribution is 0.102. The third kappa shape index (κ3) is 4.30. The predicted octanol–water partition coefficient (Wildman–Crippen LogP) is 4.42. The molecule has 3 rings (SSSR count). The van der Waals surface area contributed by atoms with Crippen molar-refractivity contribution in [1.29, 1.82) is 0 Å². The van der Waals surface area contributed by atoms with Gasteiger partial charge in [0.05, 0.1) is 10.6 Å². The highest BCUT2D eigenvalue weighted by Gasteiger charge is 2.21. The summed E-state index contributed by atoms with van der Waals surface area (Å²) in [5, 5.41) is 3.25. The highest BCUT2D eigenvalue weighted by molar-refractivity contribution is 7.92. The van der Waals surface area contributed by atoms with Gasteiger partial charge in [0.25, 0.3) is 15.9 Å². The summed E-state index contributed by atoms with van der Waals surface area (Å²) in [5.74, 6) is -0.268. The van der Waals surface area contributed by atoms with Gasteiger partial charge in [-0.05, 0) is 60.7 Å². The van der Waals surface area contributed by atoms with E-state index in [1.807, 2.05) is 18.2 Å². The normalized spacial score (nSPS) is 11.0. The molecule has 138 valence electrons. The van der Waals surface area contributed by atoms with Crippen molar-refractivity contribution < 1.29 is 13.2 Å². The van der Waals surface area contributed by atoms with Gasteiger partial charge >= 0.3 is 0 Å². The zero-order valence-electron chi connectivity index (χ0n) is 14.5. The SMILES string of the molecule is CN(c1ccc(C(=O)Nc2ccccc2)cc1)S(=O)(=O)c1ccc(Cl)cc1. The molecule has 3 aromatic rings. The van der Waals surface area contributed by atoms with Gasteiger partial charge in [-0.1, -0.05) is 29.8 Å². The number of benzene rings is 3. The summed E-state index contributed by atoms with van der Waals surface area (Å²) >= 11 is 5.82. The van der Waals surface area contributed by atoms with E-state index in [-0.39, 0.29) is 10.8 Å². The van der Waals surface area contributed by atoms with Crippen molar-refractivity contribution >= 4 is 38.9 Å². The van der Waals surface area contributed by atoms with Crippen molar-refractivity contribution in [3.8, 4) is 0 Å². The van der Waals surface area contributed by atoms with E-state index >= 15 is 0 Å². The number of amides is 1. The quantitative estimate of drug-likeness (QED) is 0.689. The number of sulfonamides is 1. The number of carbonyl (C=O) groups excluding carboxylic acids is 1. The molecule has 0 unspecified atom stereocenters. The Bertz CT molecular complexity index is 1030. The van der Waals surface area contributed by atoms with Gasteiger partial charge in [0, 0.05) is 23.3 Å². The molecule has 7 heteroatoms. The Morgan fingerprint density at radius 2 is 1.48 bits per heavy atom. The smallest absolute Gasteiger partial charge is 0.264 e. The molecule has 0 fully saturated rings. The van der Waals surface area contributed by atoms with Gasteiger partial charge in [0.15, 0.2) is 0 Å². The first-order valence-electron chi connectivity index (χ1n) is 8.09. The summed E-state index contributed by atoms with van der Waals surface area (Å²) in [6.45, 7) is 0. The van der Waals surface area contributed by atoms with Gasteiger partial charge in [-0.3, -0.25) is 9.10 Å². The Labute approximate surface area is 163 Å². The fraction of sp³-hybridized carbons (Fsp3) is 0.0500. The van der Waals surface area contributed by atoms with Crippen LogP contribution < -0.4 is 9.62 Å². The maximum atomic E-state index is 12.7. The molecular weight excluding hydrogens is 384 g/mol. The van der Waals surface area contributed by atoms with Crippen molar-refractivity contribution in [1.82, 2.24) is 0 Å². The number of hydrogen-bond acceptors (Lipinski definition) is 3. The molecule has 0 aliphatic rings. The molecule has 0 aromatic heterocycles. The molecular formula is C20H17ClN2O3S. The average Bonchev–Trinajstić information content (AvgIpc) is 2.68. The summed E-state index contributed by atoms with van der Waals surface area (Å²) in [6.07, 6.45) is 0. The van der Waals surface area contributed by atoms with Crippen LogP contribution in [0.2, 0.25) is 5.02 Å². The van der Waals surface area contributed by atoms with Gasteiger partial charge in [0.2, 0.25) is 0 Å². The molecule has 0 aliphatic heterocycles. The fourth-order valence-electron chi connectivity index (χ4n) is 2.45. The lowest BCUT2D eigenvalue weighted by Crippen LogP contribution is -2.26. The lowest BCUT2D eigenvalue weighted by atomic mass is 10.2. The summed E-state index contributed by atoms with van der Waals surface area (Å²) in [4.78, 5) is 12.4. The molecule has 0 aliphatic carbocycles. The van der Waals surface area contributed by atoms with Gasteiger partial charge in [-0.2, -0.15) is 0 Å². The van der Waals surface area contributed by atoms with Crippen molar-refractivity contribution in [2.24, 2.45) is 0 Å². The first-order chi connectivity index (χ1) is 12.9. The molecule has 3 aromatic carbocycles. The Morgan fingerprint density at radius 1 is 0.889 bits per heavy atom. The van der Waals surface area contributed by atoms with Crippen LogP contribution in [0.3, 0.4) is 0 Å². The van der Waals surface area contributed by atoms with Gasteiger partial charge in [-0.15, -0.1) is 0 Å². The second-order valence-electron chi connectivity index (χ2n) is 5.79. The van der Waals surface area contributed by atoms with E-state index in [2.05, 4.69) is 5.32 Å². The zero-order valence-corrected chi connectivity index (χ0v) is 16.0. The highest BCUT2D eigenvalue weighted by atomic mass is 35.5. The van der Waals surface area contributed by atoms with Crippen LogP contribution in [-0.4, -0.2) is 21.4 Å². The Hall–Kier alpha value is -2.83. The van der Waals surface area contributed by atoms with E-state index in [1.54, 1.807) is 36.4 Å². The Balaban J connectivity index is 1.78. The van der Waals surface area contributed by atoms with Gasteiger partial charge < -0.3 is 5.32 Å². The molecule has 1 N–H and O–H groups in total. The van der Waals surface area contributed by atoms with Gasteiger partial charge in [0.1, 0.15) is 0 Å². The average molecular weight is 401 g/mol. The minimum Gasteiger partial charge on any atom is -0.322 e. The molecule has 0 radical (unpaired) electrons. The van der Waals surface area contributed by atoms with Crippen molar-refractivity contribution in [3.05, 3.63) is 89.4 Å². The van der Waals surface area contributed by atoms with E-state index < -0.39 is 10.0 Å². The topological polar surface area (TPSA) is 66.5 Å². The predicted molar refractivity (Wildman–Crippen MR) is 108 cm³/mol. The first-order valence-corrected chi connectivity index (χ1v) is 9.91. The first kappa shape index (κ1) is 18.9. The number of hydrogen-bond donors (Lipinski definition) is 1. The maximum Gasteiger partial charge on any atom is 0.264 e. The summed E-state index contributed by atoms with van der Waals surface area (Å²) in [5.41, 5.74) is 1.56. The number of halogens is 1. The molecule has 0 spiro atoms. The second kappa shape index (κ2) is 7.82. The van der Waals surface area contributed by atoms with E-state index in [0.717, 1.165) is 4.31 Å². The monoisotopic (exact) mass is 400 g/mol. The second-order valence-corrected chi connectivity index (χ2v) is 8.20. The third-order valence-electron chi connectivity index (χ3n) is 4.00. The summed E-state index contributed by atoms with van der Waals surface area (Å²) < 4.78 is 26.6. The van der Waals surface area contributed by atoms with E-state index in [1.165, 1.54) is 31.3 Å². The Morgan fingerprint density at radius 3 is 2.07 bits per heavy atom. The highest BCUT2D eigenvalue weighted by Crippen LogP contribution is 2.23. The number of para-hydroxylation sites is 1.